The summed E-state index contributed by atoms with van der Waals surface area (Å²) in [6.07, 6.45) is 0. The highest BCUT2D eigenvalue weighted by Gasteiger charge is 2.17. The second kappa shape index (κ2) is 8.73. The average Bonchev–Trinajstić information content (AvgIpc) is 3.56. The minimum atomic E-state index is 0.629. The van der Waals surface area contributed by atoms with Crippen LogP contribution < -0.4 is 0 Å². The zero-order valence-electron chi connectivity index (χ0n) is 21.5. The molecule has 0 amide bonds. The molecule has 0 atom stereocenters. The van der Waals surface area contributed by atoms with Gasteiger partial charge in [0.25, 0.3) is 0 Å². The molecule has 8 rings (SSSR count). The first-order chi connectivity index (χ1) is 19.8. The molecule has 0 aliphatic heterocycles. The second-order valence-electron chi connectivity index (χ2n) is 10.1. The molecule has 0 spiro atoms. The van der Waals surface area contributed by atoms with Gasteiger partial charge in [0.2, 0.25) is 0 Å². The fraction of sp³-hybridized carbons (Fsp3) is 0. The number of hydrogen-bond donors (Lipinski definition) is 0. The monoisotopic (exact) mass is 510 g/mol. The molecule has 0 bridgehead atoms. The van der Waals surface area contributed by atoms with Crippen LogP contribution in [0.5, 0.6) is 0 Å². The molecule has 2 aromatic heterocycles. The van der Waals surface area contributed by atoms with Crippen LogP contribution in [0.2, 0.25) is 0 Å². The molecular weight excluding hydrogens is 488 g/mol. The van der Waals surface area contributed by atoms with E-state index in [9.17, 15) is 5.26 Å². The largest absolute Gasteiger partial charge is 0.456 e. The summed E-state index contributed by atoms with van der Waals surface area (Å²) in [4.78, 5) is 0. The molecule has 0 unspecified atom stereocenters. The van der Waals surface area contributed by atoms with Crippen LogP contribution in [0.1, 0.15) is 5.56 Å². The summed E-state index contributed by atoms with van der Waals surface area (Å²) >= 11 is 0. The van der Waals surface area contributed by atoms with Crippen molar-refractivity contribution in [3.8, 4) is 34.0 Å². The zero-order chi connectivity index (χ0) is 26.6. The van der Waals surface area contributed by atoms with Gasteiger partial charge in [-0.05, 0) is 71.3 Å². The first kappa shape index (κ1) is 22.4. The van der Waals surface area contributed by atoms with E-state index in [1.807, 2.05) is 18.2 Å². The van der Waals surface area contributed by atoms with E-state index in [1.54, 1.807) is 6.07 Å². The Morgan fingerprint density at radius 3 is 2.10 bits per heavy atom. The van der Waals surface area contributed by atoms with Crippen LogP contribution in [0.4, 0.5) is 0 Å². The van der Waals surface area contributed by atoms with Crippen molar-refractivity contribution in [2.45, 2.75) is 0 Å². The van der Waals surface area contributed by atoms with Crippen LogP contribution in [-0.4, -0.2) is 4.57 Å². The van der Waals surface area contributed by atoms with Crippen molar-refractivity contribution in [2.24, 2.45) is 0 Å². The molecule has 0 fully saturated rings. The smallest absolute Gasteiger partial charge is 0.135 e. The quantitative estimate of drug-likeness (QED) is 0.237. The highest BCUT2D eigenvalue weighted by molar-refractivity contribution is 6.14. The van der Waals surface area contributed by atoms with Crippen LogP contribution in [-0.2, 0) is 0 Å². The molecule has 0 aliphatic rings. The van der Waals surface area contributed by atoms with Gasteiger partial charge in [-0.1, -0.05) is 78.9 Å². The van der Waals surface area contributed by atoms with E-state index in [0.29, 0.717) is 5.56 Å². The minimum absolute atomic E-state index is 0.629. The van der Waals surface area contributed by atoms with Gasteiger partial charge in [-0.25, -0.2) is 0 Å². The van der Waals surface area contributed by atoms with Gasteiger partial charge in [-0.3, -0.25) is 0 Å². The van der Waals surface area contributed by atoms with Gasteiger partial charge in [0.1, 0.15) is 11.2 Å². The molecule has 186 valence electrons. The van der Waals surface area contributed by atoms with Crippen molar-refractivity contribution in [1.29, 1.82) is 5.26 Å². The van der Waals surface area contributed by atoms with Gasteiger partial charge in [-0.15, -0.1) is 0 Å². The molecule has 40 heavy (non-hydrogen) atoms. The summed E-state index contributed by atoms with van der Waals surface area (Å²) in [5, 5.41) is 13.9. The highest BCUT2D eigenvalue weighted by atomic mass is 16.3. The molecule has 3 heteroatoms. The second-order valence-corrected chi connectivity index (χ2v) is 10.1. The van der Waals surface area contributed by atoms with Crippen LogP contribution in [0.25, 0.3) is 71.7 Å². The van der Waals surface area contributed by atoms with E-state index in [-0.39, 0.29) is 0 Å². The van der Waals surface area contributed by atoms with Gasteiger partial charge in [0.15, 0.2) is 0 Å². The van der Waals surface area contributed by atoms with E-state index in [4.69, 9.17) is 4.42 Å². The van der Waals surface area contributed by atoms with Gasteiger partial charge >= 0.3 is 0 Å². The Morgan fingerprint density at radius 2 is 1.23 bits per heavy atom. The Kier molecular flexibility index (Phi) is 4.89. The Hall–Kier alpha value is -5.59. The first-order valence-electron chi connectivity index (χ1n) is 13.3. The third-order valence-electron chi connectivity index (χ3n) is 7.81. The number of furan rings is 1. The molecule has 0 radical (unpaired) electrons. The molecule has 6 aromatic carbocycles. The fourth-order valence-electron chi connectivity index (χ4n) is 5.99. The average molecular weight is 511 g/mol. The lowest BCUT2D eigenvalue weighted by Gasteiger charge is -2.12. The minimum Gasteiger partial charge on any atom is -0.456 e. The molecule has 0 saturated carbocycles. The number of aromatic nitrogens is 1. The molecule has 3 nitrogen and oxygen atoms in total. The standard InChI is InChI=1S/C37H22N2O/c38-23-24-16-18-35-32(20-24)33-22-26(17-19-36(33)40-35)25-8-6-9-27(21-25)29-13-7-14-31-30-12-4-5-15-34(30)39(37(29)31)28-10-2-1-3-11-28/h1-22H. The van der Waals surface area contributed by atoms with E-state index in [2.05, 4.69) is 120 Å². The first-order valence-corrected chi connectivity index (χ1v) is 13.3. The van der Waals surface area contributed by atoms with Crippen LogP contribution in [0.15, 0.2) is 138 Å². The number of hydrogen-bond acceptors (Lipinski definition) is 2. The number of rotatable bonds is 3. The van der Waals surface area contributed by atoms with Gasteiger partial charge in [0, 0.05) is 32.8 Å². The van der Waals surface area contributed by atoms with Crippen molar-refractivity contribution >= 4 is 43.7 Å². The summed E-state index contributed by atoms with van der Waals surface area (Å²) in [6.45, 7) is 0. The predicted octanol–water partition coefficient (Wildman–Crippen LogP) is 9.89. The number of fused-ring (bicyclic) bond motifs is 6. The summed E-state index contributed by atoms with van der Waals surface area (Å²) in [6, 6.07) is 48.7. The molecular formula is C37H22N2O. The maximum absolute atomic E-state index is 9.41. The van der Waals surface area contributed by atoms with Crippen LogP contribution in [0.3, 0.4) is 0 Å². The van der Waals surface area contributed by atoms with Gasteiger partial charge < -0.3 is 8.98 Å². The van der Waals surface area contributed by atoms with Crippen molar-refractivity contribution in [1.82, 2.24) is 4.57 Å². The van der Waals surface area contributed by atoms with Crippen LogP contribution in [0, 0.1) is 11.3 Å². The number of para-hydroxylation sites is 3. The Bertz CT molecular complexity index is 2280. The van der Waals surface area contributed by atoms with Gasteiger partial charge in [-0.2, -0.15) is 5.26 Å². The maximum atomic E-state index is 9.41. The molecule has 0 aliphatic carbocycles. The summed E-state index contributed by atoms with van der Waals surface area (Å²) in [5.41, 5.74) is 10.4. The summed E-state index contributed by atoms with van der Waals surface area (Å²) in [5.74, 6) is 0. The van der Waals surface area contributed by atoms with E-state index in [1.165, 1.54) is 27.4 Å². The predicted molar refractivity (Wildman–Crippen MR) is 164 cm³/mol. The van der Waals surface area contributed by atoms with Crippen molar-refractivity contribution in [3.05, 3.63) is 139 Å². The SMILES string of the molecule is N#Cc1ccc2oc3ccc(-c4cccc(-c5cccc6c7ccccc7n(-c7ccccc7)c56)c4)cc3c2c1. The molecule has 2 heterocycles. The van der Waals surface area contributed by atoms with Crippen molar-refractivity contribution < 1.29 is 4.42 Å². The summed E-state index contributed by atoms with van der Waals surface area (Å²) in [7, 11) is 0. The normalized spacial score (nSPS) is 11.5. The Morgan fingerprint density at radius 1 is 0.525 bits per heavy atom. The lowest BCUT2D eigenvalue weighted by molar-refractivity contribution is 0.669. The lowest BCUT2D eigenvalue weighted by atomic mass is 9.96. The Balaban J connectivity index is 1.34. The highest BCUT2D eigenvalue weighted by Crippen LogP contribution is 2.39. The zero-order valence-corrected chi connectivity index (χ0v) is 21.5. The molecule has 0 N–H and O–H groups in total. The number of benzene rings is 6. The molecule has 0 saturated heterocycles. The van der Waals surface area contributed by atoms with E-state index < -0.39 is 0 Å². The number of nitriles is 1. The maximum Gasteiger partial charge on any atom is 0.135 e. The van der Waals surface area contributed by atoms with Crippen molar-refractivity contribution in [3.63, 3.8) is 0 Å². The van der Waals surface area contributed by atoms with Crippen molar-refractivity contribution in [2.75, 3.05) is 0 Å². The number of nitrogens with zero attached hydrogens (tertiary/aromatic N) is 2. The lowest BCUT2D eigenvalue weighted by Crippen LogP contribution is -1.95. The Labute approximate surface area is 230 Å². The van der Waals surface area contributed by atoms with E-state index >= 15 is 0 Å². The van der Waals surface area contributed by atoms with Crippen LogP contribution >= 0.6 is 0 Å². The summed E-state index contributed by atoms with van der Waals surface area (Å²) < 4.78 is 8.43. The molecule has 8 aromatic rings. The third-order valence-corrected chi connectivity index (χ3v) is 7.81. The fourth-order valence-corrected chi connectivity index (χ4v) is 5.99. The van der Waals surface area contributed by atoms with E-state index in [0.717, 1.165) is 44.3 Å². The van der Waals surface area contributed by atoms with Gasteiger partial charge in [0.05, 0.1) is 22.7 Å². The third kappa shape index (κ3) is 3.37. The topological polar surface area (TPSA) is 41.9 Å².